The van der Waals surface area contributed by atoms with Gasteiger partial charge < -0.3 is 4.42 Å². The maximum atomic E-state index is 10.9. The van der Waals surface area contributed by atoms with Gasteiger partial charge in [0.2, 0.25) is 0 Å². The lowest BCUT2D eigenvalue weighted by molar-refractivity contribution is 0.473. The molecule has 1 aliphatic carbocycles. The number of allylic oxidation sites excluding steroid dienone is 2. The molecule has 0 unspecified atom stereocenters. The van der Waals surface area contributed by atoms with Gasteiger partial charge >= 0.3 is 5.63 Å². The van der Waals surface area contributed by atoms with Gasteiger partial charge in [-0.1, -0.05) is 17.7 Å². The quantitative estimate of drug-likeness (QED) is 0.575. The van der Waals surface area contributed by atoms with Crippen LogP contribution in [0.15, 0.2) is 33.0 Å². The summed E-state index contributed by atoms with van der Waals surface area (Å²) in [5.74, 6) is 0. The van der Waals surface area contributed by atoms with Crippen molar-refractivity contribution >= 4 is 12.2 Å². The van der Waals surface area contributed by atoms with Gasteiger partial charge in [0.05, 0.1) is 0 Å². The third-order valence-electron chi connectivity index (χ3n) is 2.05. The molecule has 0 radical (unpaired) electrons. The standard InChI is InChI=1S/C11H10O2/c1-8-2-4-9-5-7-11(12)13-10(9)6-3-8/h2,4-7H,3H2,1H3. The molecule has 0 atom stereocenters. The number of rotatable bonds is 0. The van der Waals surface area contributed by atoms with Gasteiger partial charge in [-0.3, -0.25) is 0 Å². The minimum Gasteiger partial charge on any atom is -0.423 e. The molecule has 1 aromatic heterocycles. The molecule has 0 aromatic carbocycles. The second kappa shape index (κ2) is 3.05. The van der Waals surface area contributed by atoms with E-state index in [1.54, 1.807) is 6.07 Å². The Morgan fingerprint density at radius 1 is 1.31 bits per heavy atom. The third kappa shape index (κ3) is 1.61. The van der Waals surface area contributed by atoms with Crippen LogP contribution in [0, 0.1) is 0 Å². The van der Waals surface area contributed by atoms with Crippen LogP contribution in [0.25, 0.3) is 12.2 Å². The molecule has 2 rings (SSSR count). The molecule has 0 saturated carbocycles. The van der Waals surface area contributed by atoms with Gasteiger partial charge in [-0.2, -0.15) is 0 Å². The normalized spacial score (nSPS) is 14.7. The van der Waals surface area contributed by atoms with Crippen molar-refractivity contribution in [1.82, 2.24) is 0 Å². The van der Waals surface area contributed by atoms with E-state index in [9.17, 15) is 4.79 Å². The Bertz CT molecular complexity index is 518. The summed E-state index contributed by atoms with van der Waals surface area (Å²) in [4.78, 5) is 10.9. The summed E-state index contributed by atoms with van der Waals surface area (Å²) in [5.41, 5.74) is 1.66. The first kappa shape index (κ1) is 8.05. The summed E-state index contributed by atoms with van der Waals surface area (Å²) in [5, 5.41) is 0.969. The first-order valence-electron chi connectivity index (χ1n) is 4.23. The molecule has 0 N–H and O–H groups in total. The molecule has 0 aliphatic heterocycles. The molecule has 66 valence electrons. The largest absolute Gasteiger partial charge is 0.423 e. The summed E-state index contributed by atoms with van der Waals surface area (Å²) in [6, 6.07) is 3.23. The average Bonchev–Trinajstić information content (AvgIpc) is 2.29. The van der Waals surface area contributed by atoms with Crippen molar-refractivity contribution in [3.63, 3.8) is 0 Å². The second-order valence-corrected chi connectivity index (χ2v) is 3.16. The van der Waals surface area contributed by atoms with Gasteiger partial charge in [-0.05, 0) is 25.5 Å². The lowest BCUT2D eigenvalue weighted by atomic mass is 10.2. The fourth-order valence-electron chi connectivity index (χ4n) is 1.29. The Labute approximate surface area is 75.5 Å². The monoisotopic (exact) mass is 174 g/mol. The first-order chi connectivity index (χ1) is 6.25. The van der Waals surface area contributed by atoms with E-state index >= 15 is 0 Å². The van der Waals surface area contributed by atoms with Crippen molar-refractivity contribution < 1.29 is 4.42 Å². The van der Waals surface area contributed by atoms with Gasteiger partial charge in [-0.15, -0.1) is 0 Å². The van der Waals surface area contributed by atoms with E-state index in [1.165, 1.54) is 11.6 Å². The molecule has 2 heteroatoms. The van der Waals surface area contributed by atoms with Crippen LogP contribution in [0.5, 0.6) is 0 Å². The van der Waals surface area contributed by atoms with Crippen molar-refractivity contribution in [3.05, 3.63) is 44.8 Å². The molecule has 0 amide bonds. The Kier molecular flexibility index (Phi) is 1.89. The molecule has 0 spiro atoms. The predicted octanol–water partition coefficient (Wildman–Crippen LogP) is 0.551. The Morgan fingerprint density at radius 3 is 3.00 bits per heavy atom. The van der Waals surface area contributed by atoms with Crippen LogP contribution in [0.1, 0.15) is 13.3 Å². The zero-order chi connectivity index (χ0) is 9.26. The van der Waals surface area contributed by atoms with E-state index in [0.29, 0.717) is 5.42 Å². The molecular formula is C11H10O2. The fourth-order valence-corrected chi connectivity index (χ4v) is 1.29. The first-order valence-corrected chi connectivity index (χ1v) is 4.23. The van der Waals surface area contributed by atoms with Crippen molar-refractivity contribution in [2.75, 3.05) is 0 Å². The van der Waals surface area contributed by atoms with Crippen LogP contribution in [-0.4, -0.2) is 0 Å². The number of hydrogen-bond donors (Lipinski definition) is 0. The summed E-state index contributed by atoms with van der Waals surface area (Å²) in [6.07, 6.45) is 6.79. The molecule has 0 fully saturated rings. The van der Waals surface area contributed by atoms with Crippen LogP contribution < -0.4 is 16.3 Å². The van der Waals surface area contributed by atoms with Gasteiger partial charge in [0.25, 0.3) is 0 Å². The van der Waals surface area contributed by atoms with Crippen LogP contribution in [0.2, 0.25) is 0 Å². The van der Waals surface area contributed by atoms with E-state index in [-0.39, 0.29) is 5.63 Å². The van der Waals surface area contributed by atoms with Gasteiger partial charge in [-0.25, -0.2) is 4.79 Å². The number of fused-ring (bicyclic) bond motifs is 1. The molecule has 0 saturated heterocycles. The maximum Gasteiger partial charge on any atom is 0.336 e. The van der Waals surface area contributed by atoms with Gasteiger partial charge in [0.1, 0.15) is 5.42 Å². The molecule has 1 heterocycles. The van der Waals surface area contributed by atoms with Gasteiger partial charge in [0.15, 0.2) is 0 Å². The zero-order valence-corrected chi connectivity index (χ0v) is 7.41. The van der Waals surface area contributed by atoms with Crippen LogP contribution in [-0.2, 0) is 0 Å². The van der Waals surface area contributed by atoms with Gasteiger partial charge in [0, 0.05) is 11.3 Å². The van der Waals surface area contributed by atoms with Crippen molar-refractivity contribution in [2.45, 2.75) is 13.3 Å². The van der Waals surface area contributed by atoms with Crippen molar-refractivity contribution in [3.8, 4) is 0 Å². The minimum atomic E-state index is -0.289. The smallest absolute Gasteiger partial charge is 0.336 e. The predicted molar refractivity (Wildman–Crippen MR) is 51.5 cm³/mol. The second-order valence-electron chi connectivity index (χ2n) is 3.16. The lowest BCUT2D eigenvalue weighted by Gasteiger charge is -1.87. The lowest BCUT2D eigenvalue weighted by Crippen LogP contribution is -2.27. The van der Waals surface area contributed by atoms with E-state index in [0.717, 1.165) is 11.6 Å². The van der Waals surface area contributed by atoms with E-state index < -0.39 is 0 Å². The molecular weight excluding hydrogens is 164 g/mol. The highest BCUT2D eigenvalue weighted by Crippen LogP contribution is 2.01. The van der Waals surface area contributed by atoms with Crippen molar-refractivity contribution in [1.29, 1.82) is 0 Å². The summed E-state index contributed by atoms with van der Waals surface area (Å²) < 4.78 is 5.05. The summed E-state index contributed by atoms with van der Waals surface area (Å²) >= 11 is 0. The highest BCUT2D eigenvalue weighted by atomic mass is 16.4. The Balaban J connectivity index is 2.78. The average molecular weight is 174 g/mol. The van der Waals surface area contributed by atoms with Crippen LogP contribution in [0.4, 0.5) is 0 Å². The SMILES string of the molecule is CC1=CC=c2ccc(=O)oc2=CC1. The highest BCUT2D eigenvalue weighted by molar-refractivity contribution is 5.44. The molecule has 2 nitrogen and oxygen atoms in total. The van der Waals surface area contributed by atoms with Crippen LogP contribution >= 0.6 is 0 Å². The summed E-state index contributed by atoms with van der Waals surface area (Å²) in [6.45, 7) is 2.05. The van der Waals surface area contributed by atoms with E-state index in [1.807, 2.05) is 18.2 Å². The van der Waals surface area contributed by atoms with Crippen molar-refractivity contribution in [2.24, 2.45) is 0 Å². The summed E-state index contributed by atoms with van der Waals surface area (Å²) in [7, 11) is 0. The third-order valence-corrected chi connectivity index (χ3v) is 2.05. The molecule has 1 aliphatic rings. The fraction of sp³-hybridized carbons (Fsp3) is 0.182. The zero-order valence-electron chi connectivity index (χ0n) is 7.41. The Morgan fingerprint density at radius 2 is 2.15 bits per heavy atom. The highest BCUT2D eigenvalue weighted by Gasteiger charge is 1.94. The van der Waals surface area contributed by atoms with E-state index in [4.69, 9.17) is 4.42 Å². The topological polar surface area (TPSA) is 30.2 Å². The molecule has 13 heavy (non-hydrogen) atoms. The van der Waals surface area contributed by atoms with E-state index in [2.05, 4.69) is 6.92 Å². The Hall–Kier alpha value is -1.57. The molecule has 1 aromatic rings. The molecule has 0 bridgehead atoms. The maximum absolute atomic E-state index is 10.9. The minimum absolute atomic E-state index is 0.289. The number of hydrogen-bond acceptors (Lipinski definition) is 2. The van der Waals surface area contributed by atoms with Crippen LogP contribution in [0.3, 0.4) is 0 Å².